The molecule has 0 spiro atoms. The molecule has 0 bridgehead atoms. The van der Waals surface area contributed by atoms with Gasteiger partial charge in [0.2, 0.25) is 0 Å². The van der Waals surface area contributed by atoms with Crippen LogP contribution in [0.1, 0.15) is 32.2 Å². The molecule has 5 nitrogen and oxygen atoms in total. The summed E-state index contributed by atoms with van der Waals surface area (Å²) in [7, 11) is 0. The van der Waals surface area contributed by atoms with Crippen molar-refractivity contribution in [3.05, 3.63) is 33.8 Å². The second-order valence-electron chi connectivity index (χ2n) is 4.89. The summed E-state index contributed by atoms with van der Waals surface area (Å²) in [5.41, 5.74) is 0.842. The molecule has 3 rings (SSSR count). The van der Waals surface area contributed by atoms with Crippen molar-refractivity contribution in [2.24, 2.45) is 0 Å². The molecule has 1 fully saturated rings. The molecule has 0 unspecified atom stereocenters. The predicted molar refractivity (Wildman–Crippen MR) is 73.5 cm³/mol. The zero-order chi connectivity index (χ0) is 13.6. The number of thiazole rings is 1. The fraction of sp³-hybridized carbons (Fsp3) is 0.462. The minimum atomic E-state index is 0.108. The molecule has 0 saturated carbocycles. The SMILES string of the molecule is Cc1nc(C)c(C(=O)N2CC(n3ccnc3C)C2)s1. The van der Waals surface area contributed by atoms with Crippen molar-refractivity contribution in [1.29, 1.82) is 0 Å². The molecule has 1 aliphatic rings. The number of aromatic nitrogens is 3. The Bertz CT molecular complexity index is 624. The van der Waals surface area contributed by atoms with Crippen LogP contribution in [0.25, 0.3) is 0 Å². The zero-order valence-electron chi connectivity index (χ0n) is 11.3. The third kappa shape index (κ3) is 2.06. The first-order valence-electron chi connectivity index (χ1n) is 6.29. The van der Waals surface area contributed by atoms with Gasteiger partial charge in [0.15, 0.2) is 0 Å². The Morgan fingerprint density at radius 3 is 2.63 bits per heavy atom. The van der Waals surface area contributed by atoms with E-state index in [2.05, 4.69) is 14.5 Å². The second kappa shape index (κ2) is 4.45. The Morgan fingerprint density at radius 2 is 2.11 bits per heavy atom. The van der Waals surface area contributed by atoms with Crippen LogP contribution < -0.4 is 0 Å². The quantitative estimate of drug-likeness (QED) is 0.842. The van der Waals surface area contributed by atoms with Gasteiger partial charge in [0.05, 0.1) is 16.7 Å². The molecular weight excluding hydrogens is 260 g/mol. The fourth-order valence-electron chi connectivity index (χ4n) is 2.44. The maximum absolute atomic E-state index is 12.3. The van der Waals surface area contributed by atoms with Crippen molar-refractivity contribution in [1.82, 2.24) is 19.4 Å². The van der Waals surface area contributed by atoms with E-state index in [9.17, 15) is 4.79 Å². The highest BCUT2D eigenvalue weighted by Crippen LogP contribution is 2.27. The smallest absolute Gasteiger partial charge is 0.266 e. The summed E-state index contributed by atoms with van der Waals surface area (Å²) in [6.07, 6.45) is 3.78. The highest BCUT2D eigenvalue weighted by molar-refractivity contribution is 7.13. The predicted octanol–water partition coefficient (Wildman–Crippen LogP) is 1.96. The van der Waals surface area contributed by atoms with Crippen molar-refractivity contribution in [3.63, 3.8) is 0 Å². The number of hydrogen-bond donors (Lipinski definition) is 0. The van der Waals surface area contributed by atoms with Gasteiger partial charge < -0.3 is 9.47 Å². The summed E-state index contributed by atoms with van der Waals surface area (Å²) >= 11 is 1.48. The van der Waals surface area contributed by atoms with Gasteiger partial charge in [-0.3, -0.25) is 4.79 Å². The topological polar surface area (TPSA) is 51.0 Å². The van der Waals surface area contributed by atoms with Gasteiger partial charge in [-0.05, 0) is 20.8 Å². The molecule has 2 aromatic rings. The van der Waals surface area contributed by atoms with Gasteiger partial charge in [-0.2, -0.15) is 0 Å². The molecular formula is C13H16N4OS. The highest BCUT2D eigenvalue weighted by Gasteiger charge is 2.34. The van der Waals surface area contributed by atoms with Crippen LogP contribution in [0.2, 0.25) is 0 Å². The number of nitrogens with zero attached hydrogens (tertiary/aromatic N) is 4. The standard InChI is InChI=1S/C13H16N4OS/c1-8-12(19-10(3)15-8)13(18)16-6-11(7-16)17-5-4-14-9(17)2/h4-5,11H,6-7H2,1-3H3. The third-order valence-electron chi connectivity index (χ3n) is 3.50. The van der Waals surface area contributed by atoms with Crippen LogP contribution in [0, 0.1) is 20.8 Å². The Morgan fingerprint density at radius 1 is 1.37 bits per heavy atom. The minimum Gasteiger partial charge on any atom is -0.334 e. The Hall–Kier alpha value is -1.69. The van der Waals surface area contributed by atoms with Gasteiger partial charge in [-0.1, -0.05) is 0 Å². The van der Waals surface area contributed by atoms with E-state index in [-0.39, 0.29) is 5.91 Å². The number of aryl methyl sites for hydroxylation is 3. The van der Waals surface area contributed by atoms with E-state index in [4.69, 9.17) is 0 Å². The van der Waals surface area contributed by atoms with Gasteiger partial charge in [0, 0.05) is 25.5 Å². The van der Waals surface area contributed by atoms with E-state index < -0.39 is 0 Å². The van der Waals surface area contributed by atoms with Crippen molar-refractivity contribution in [3.8, 4) is 0 Å². The molecule has 100 valence electrons. The summed E-state index contributed by atoms with van der Waals surface area (Å²) in [6.45, 7) is 7.33. The molecule has 0 aromatic carbocycles. The molecule has 1 amide bonds. The fourth-order valence-corrected chi connectivity index (χ4v) is 3.33. The molecule has 2 aromatic heterocycles. The first-order chi connectivity index (χ1) is 9.06. The van der Waals surface area contributed by atoms with Crippen LogP contribution in [0.4, 0.5) is 0 Å². The molecule has 3 heterocycles. The lowest BCUT2D eigenvalue weighted by Crippen LogP contribution is -2.50. The molecule has 6 heteroatoms. The summed E-state index contributed by atoms with van der Waals surface area (Å²) in [5.74, 6) is 1.11. The lowest BCUT2D eigenvalue weighted by molar-refractivity contribution is 0.0521. The van der Waals surface area contributed by atoms with E-state index in [1.54, 1.807) is 6.20 Å². The highest BCUT2D eigenvalue weighted by atomic mass is 32.1. The summed E-state index contributed by atoms with van der Waals surface area (Å²) < 4.78 is 2.13. The van der Waals surface area contributed by atoms with E-state index >= 15 is 0 Å². The number of carbonyl (C=O) groups is 1. The number of rotatable bonds is 2. The van der Waals surface area contributed by atoms with Gasteiger partial charge in [0.25, 0.3) is 5.91 Å². The van der Waals surface area contributed by atoms with Crippen molar-refractivity contribution < 1.29 is 4.79 Å². The largest absolute Gasteiger partial charge is 0.334 e. The maximum Gasteiger partial charge on any atom is 0.266 e. The van der Waals surface area contributed by atoms with Gasteiger partial charge in [0.1, 0.15) is 10.7 Å². The maximum atomic E-state index is 12.3. The molecule has 0 aliphatic carbocycles. The second-order valence-corrected chi connectivity index (χ2v) is 6.10. The number of hydrogen-bond acceptors (Lipinski definition) is 4. The van der Waals surface area contributed by atoms with Gasteiger partial charge in [-0.25, -0.2) is 9.97 Å². The Kier molecular flexibility index (Phi) is 2.89. The molecule has 19 heavy (non-hydrogen) atoms. The van der Waals surface area contributed by atoms with Crippen LogP contribution in [-0.4, -0.2) is 38.4 Å². The zero-order valence-corrected chi connectivity index (χ0v) is 12.1. The average Bonchev–Trinajstić information content (AvgIpc) is 2.83. The average molecular weight is 276 g/mol. The molecule has 0 atom stereocenters. The van der Waals surface area contributed by atoms with Crippen LogP contribution in [0.5, 0.6) is 0 Å². The lowest BCUT2D eigenvalue weighted by Gasteiger charge is -2.40. The summed E-state index contributed by atoms with van der Waals surface area (Å²) in [5, 5.41) is 0.948. The summed E-state index contributed by atoms with van der Waals surface area (Å²) in [6, 6.07) is 0.362. The molecule has 0 N–H and O–H groups in total. The number of carbonyl (C=O) groups excluding carboxylic acids is 1. The van der Waals surface area contributed by atoms with E-state index in [1.807, 2.05) is 31.9 Å². The third-order valence-corrected chi connectivity index (χ3v) is 4.56. The van der Waals surface area contributed by atoms with E-state index in [1.165, 1.54) is 11.3 Å². The summed E-state index contributed by atoms with van der Waals surface area (Å²) in [4.78, 5) is 23.5. The first kappa shape index (κ1) is 12.3. The minimum absolute atomic E-state index is 0.108. The molecule has 0 radical (unpaired) electrons. The lowest BCUT2D eigenvalue weighted by atomic mass is 10.1. The van der Waals surface area contributed by atoms with Gasteiger partial charge in [-0.15, -0.1) is 11.3 Å². The van der Waals surface area contributed by atoms with Crippen LogP contribution in [-0.2, 0) is 0 Å². The monoisotopic (exact) mass is 276 g/mol. The van der Waals surface area contributed by atoms with Crippen LogP contribution in [0.3, 0.4) is 0 Å². The number of amides is 1. The van der Waals surface area contributed by atoms with Crippen LogP contribution in [0.15, 0.2) is 12.4 Å². The first-order valence-corrected chi connectivity index (χ1v) is 7.10. The molecule has 1 aliphatic heterocycles. The van der Waals surface area contributed by atoms with Crippen molar-refractivity contribution in [2.45, 2.75) is 26.8 Å². The molecule has 1 saturated heterocycles. The van der Waals surface area contributed by atoms with Crippen molar-refractivity contribution in [2.75, 3.05) is 13.1 Å². The van der Waals surface area contributed by atoms with E-state index in [0.29, 0.717) is 6.04 Å². The van der Waals surface area contributed by atoms with Gasteiger partial charge >= 0.3 is 0 Å². The van der Waals surface area contributed by atoms with Crippen molar-refractivity contribution >= 4 is 17.2 Å². The number of imidazole rings is 1. The van der Waals surface area contributed by atoms with E-state index in [0.717, 1.165) is 34.5 Å². The normalized spacial score (nSPS) is 15.6. The Balaban J connectivity index is 1.69. The number of likely N-dealkylation sites (tertiary alicyclic amines) is 1. The van der Waals surface area contributed by atoms with Crippen LogP contribution >= 0.6 is 11.3 Å². The Labute approximate surface area is 115 Å².